The van der Waals surface area contributed by atoms with Crippen LogP contribution in [-0.2, 0) is 27.5 Å². The Kier molecular flexibility index (Phi) is 7.15. The van der Waals surface area contributed by atoms with Crippen LogP contribution >= 0.6 is 0 Å². The molecule has 37 heavy (non-hydrogen) atoms. The standard InChI is InChI=1S/C28H33N5O3S/c1-19-5-9-21(10-6-19)22-13-15-33(16-14-22)28-31-24-4-3-17-37(35,36)26(24)27(32-28)30-23-11-7-20(8-12-23)18-25(34)29-2/h5-12,22H,3-4,13-18H2,1-2H3,(H,29,34)(H,30,31,32). The molecule has 0 spiro atoms. The van der Waals surface area contributed by atoms with Crippen molar-refractivity contribution in [3.8, 4) is 0 Å². The number of nitrogens with one attached hydrogen (secondary N) is 2. The monoisotopic (exact) mass is 519 g/mol. The summed E-state index contributed by atoms with van der Waals surface area (Å²) in [7, 11) is -1.86. The van der Waals surface area contributed by atoms with Crippen LogP contribution in [0, 0.1) is 6.92 Å². The highest BCUT2D eigenvalue weighted by Gasteiger charge is 2.32. The van der Waals surface area contributed by atoms with Crippen LogP contribution in [0.3, 0.4) is 0 Å². The minimum atomic E-state index is -3.48. The van der Waals surface area contributed by atoms with Gasteiger partial charge >= 0.3 is 0 Å². The van der Waals surface area contributed by atoms with E-state index in [0.29, 0.717) is 41.9 Å². The molecule has 0 unspecified atom stereocenters. The Balaban J connectivity index is 1.39. The predicted octanol–water partition coefficient (Wildman–Crippen LogP) is 3.92. The van der Waals surface area contributed by atoms with Gasteiger partial charge in [-0.25, -0.2) is 13.4 Å². The third-order valence-electron chi connectivity index (χ3n) is 7.25. The number of carbonyl (C=O) groups is 1. The summed E-state index contributed by atoms with van der Waals surface area (Å²) < 4.78 is 26.1. The molecule has 2 aliphatic heterocycles. The van der Waals surface area contributed by atoms with Crippen molar-refractivity contribution in [3.63, 3.8) is 0 Å². The molecular weight excluding hydrogens is 486 g/mol. The van der Waals surface area contributed by atoms with E-state index in [2.05, 4.69) is 46.7 Å². The molecule has 1 fully saturated rings. The molecule has 8 nitrogen and oxygen atoms in total. The molecule has 0 aliphatic carbocycles. The quantitative estimate of drug-likeness (QED) is 0.509. The van der Waals surface area contributed by atoms with Crippen molar-refractivity contribution < 1.29 is 13.2 Å². The molecule has 0 atom stereocenters. The topological polar surface area (TPSA) is 104 Å². The molecule has 1 amide bonds. The Labute approximate surface area is 218 Å². The Bertz CT molecular complexity index is 1380. The molecular formula is C28H33N5O3S. The second-order valence-electron chi connectivity index (χ2n) is 9.91. The largest absolute Gasteiger partial charge is 0.359 e. The fourth-order valence-electron chi connectivity index (χ4n) is 5.11. The Morgan fingerprint density at radius 2 is 1.73 bits per heavy atom. The maximum atomic E-state index is 13.0. The van der Waals surface area contributed by atoms with Crippen LogP contribution in [0.1, 0.15) is 47.6 Å². The smallest absolute Gasteiger partial charge is 0.227 e. The molecule has 1 saturated heterocycles. The Hall–Kier alpha value is -3.46. The lowest BCUT2D eigenvalue weighted by atomic mass is 9.89. The van der Waals surface area contributed by atoms with E-state index in [1.54, 1.807) is 7.05 Å². The normalized spacial score (nSPS) is 17.2. The van der Waals surface area contributed by atoms with E-state index in [-0.39, 0.29) is 23.0 Å². The van der Waals surface area contributed by atoms with Crippen LogP contribution in [0.5, 0.6) is 0 Å². The molecule has 0 saturated carbocycles. The summed E-state index contributed by atoms with van der Waals surface area (Å²) in [5.74, 6) is 1.45. The number of aryl methyl sites for hydroxylation is 2. The van der Waals surface area contributed by atoms with E-state index in [4.69, 9.17) is 9.97 Å². The number of fused-ring (bicyclic) bond motifs is 1. The number of rotatable bonds is 6. The van der Waals surface area contributed by atoms with Crippen molar-refractivity contribution >= 4 is 33.2 Å². The van der Waals surface area contributed by atoms with Gasteiger partial charge < -0.3 is 15.5 Å². The number of nitrogens with zero attached hydrogens (tertiary/aromatic N) is 3. The van der Waals surface area contributed by atoms with Crippen LogP contribution in [0.25, 0.3) is 0 Å². The summed E-state index contributed by atoms with van der Waals surface area (Å²) in [6, 6.07) is 16.2. The molecule has 9 heteroatoms. The number of piperidine rings is 1. The lowest BCUT2D eigenvalue weighted by molar-refractivity contribution is -0.119. The fourth-order valence-corrected chi connectivity index (χ4v) is 6.73. The molecule has 2 aliphatic rings. The van der Waals surface area contributed by atoms with Gasteiger partial charge in [0.25, 0.3) is 0 Å². The Morgan fingerprint density at radius 3 is 2.41 bits per heavy atom. The number of carbonyl (C=O) groups excluding carboxylic acids is 1. The summed E-state index contributed by atoms with van der Waals surface area (Å²) in [6.45, 7) is 3.74. The van der Waals surface area contributed by atoms with E-state index < -0.39 is 9.84 Å². The van der Waals surface area contributed by atoms with Gasteiger partial charge in [0.05, 0.1) is 17.9 Å². The number of benzene rings is 2. The second kappa shape index (κ2) is 10.5. The first-order chi connectivity index (χ1) is 17.8. The number of aromatic nitrogens is 2. The lowest BCUT2D eigenvalue weighted by Crippen LogP contribution is -2.35. The van der Waals surface area contributed by atoms with Gasteiger partial charge in [0.1, 0.15) is 4.90 Å². The van der Waals surface area contributed by atoms with Crippen molar-refractivity contribution in [2.75, 3.05) is 36.1 Å². The second-order valence-corrected chi connectivity index (χ2v) is 12.0. The van der Waals surface area contributed by atoms with Gasteiger partial charge in [0.2, 0.25) is 11.9 Å². The zero-order chi connectivity index (χ0) is 26.0. The van der Waals surface area contributed by atoms with Gasteiger partial charge in [-0.3, -0.25) is 4.79 Å². The third kappa shape index (κ3) is 5.61. The first-order valence-corrected chi connectivity index (χ1v) is 14.5. The van der Waals surface area contributed by atoms with Crippen LogP contribution in [0.15, 0.2) is 53.4 Å². The highest BCUT2D eigenvalue weighted by Crippen LogP contribution is 2.35. The number of likely N-dealkylation sites (N-methyl/N-ethyl adjacent to an activating group) is 1. The van der Waals surface area contributed by atoms with Gasteiger partial charge in [-0.2, -0.15) is 4.98 Å². The number of sulfone groups is 1. The number of anilines is 3. The maximum Gasteiger partial charge on any atom is 0.227 e. The average Bonchev–Trinajstić information content (AvgIpc) is 2.90. The molecule has 2 N–H and O–H groups in total. The summed E-state index contributed by atoms with van der Waals surface area (Å²) in [6.07, 6.45) is 3.46. The summed E-state index contributed by atoms with van der Waals surface area (Å²) in [4.78, 5) is 23.6. The van der Waals surface area contributed by atoms with Crippen LogP contribution in [-0.4, -0.2) is 50.2 Å². The van der Waals surface area contributed by atoms with Crippen LogP contribution in [0.4, 0.5) is 17.5 Å². The van der Waals surface area contributed by atoms with Crippen molar-refractivity contribution in [2.45, 2.75) is 49.8 Å². The van der Waals surface area contributed by atoms with Crippen molar-refractivity contribution in [2.24, 2.45) is 0 Å². The van der Waals surface area contributed by atoms with E-state index in [1.807, 2.05) is 24.3 Å². The zero-order valence-electron chi connectivity index (χ0n) is 21.3. The molecule has 0 bridgehead atoms. The highest BCUT2D eigenvalue weighted by atomic mass is 32.2. The van der Waals surface area contributed by atoms with Crippen molar-refractivity contribution in [1.29, 1.82) is 0 Å². The average molecular weight is 520 g/mol. The predicted molar refractivity (Wildman–Crippen MR) is 145 cm³/mol. The first kappa shape index (κ1) is 25.2. The van der Waals surface area contributed by atoms with E-state index in [1.165, 1.54) is 11.1 Å². The molecule has 5 rings (SSSR count). The number of hydrogen-bond acceptors (Lipinski definition) is 7. The molecule has 2 aromatic carbocycles. The third-order valence-corrected chi connectivity index (χ3v) is 9.13. The van der Waals surface area contributed by atoms with Gasteiger partial charge in [-0.1, -0.05) is 42.0 Å². The molecule has 3 heterocycles. The zero-order valence-corrected chi connectivity index (χ0v) is 22.1. The summed E-state index contributed by atoms with van der Waals surface area (Å²) >= 11 is 0. The summed E-state index contributed by atoms with van der Waals surface area (Å²) in [5, 5.41) is 5.86. The van der Waals surface area contributed by atoms with Gasteiger partial charge in [0, 0.05) is 25.8 Å². The molecule has 0 radical (unpaired) electrons. The summed E-state index contributed by atoms with van der Waals surface area (Å²) in [5.41, 5.74) is 4.81. The number of hydrogen-bond donors (Lipinski definition) is 2. The number of amides is 1. The minimum absolute atomic E-state index is 0.0625. The van der Waals surface area contributed by atoms with Crippen LogP contribution < -0.4 is 15.5 Å². The maximum absolute atomic E-state index is 13.0. The fraction of sp³-hybridized carbons (Fsp3) is 0.393. The van der Waals surface area contributed by atoms with E-state index in [9.17, 15) is 13.2 Å². The van der Waals surface area contributed by atoms with Gasteiger partial charge in [-0.15, -0.1) is 0 Å². The highest BCUT2D eigenvalue weighted by molar-refractivity contribution is 7.91. The first-order valence-electron chi connectivity index (χ1n) is 12.8. The van der Waals surface area contributed by atoms with Gasteiger partial charge in [-0.05, 0) is 61.8 Å². The van der Waals surface area contributed by atoms with Gasteiger partial charge in [0.15, 0.2) is 15.7 Å². The SMILES string of the molecule is CNC(=O)Cc1ccc(Nc2nc(N3CCC(c4ccc(C)cc4)CC3)nc3c2S(=O)(=O)CCC3)cc1. The minimum Gasteiger partial charge on any atom is -0.359 e. The van der Waals surface area contributed by atoms with E-state index >= 15 is 0 Å². The van der Waals surface area contributed by atoms with Crippen molar-refractivity contribution in [3.05, 3.63) is 70.9 Å². The van der Waals surface area contributed by atoms with Crippen molar-refractivity contribution in [1.82, 2.24) is 15.3 Å². The van der Waals surface area contributed by atoms with E-state index in [0.717, 1.165) is 31.5 Å². The van der Waals surface area contributed by atoms with Crippen LogP contribution in [0.2, 0.25) is 0 Å². The molecule has 1 aromatic heterocycles. The molecule has 3 aromatic rings. The molecule has 194 valence electrons. The lowest BCUT2D eigenvalue weighted by Gasteiger charge is -2.33. The Morgan fingerprint density at radius 1 is 1.03 bits per heavy atom.